The Morgan fingerprint density at radius 1 is 1.37 bits per heavy atom. The molecule has 0 aromatic carbocycles. The fourth-order valence-corrected chi connectivity index (χ4v) is 3.59. The predicted molar refractivity (Wildman–Crippen MR) is 102 cm³/mol. The van der Waals surface area contributed by atoms with E-state index in [0.717, 1.165) is 39.3 Å². The first-order chi connectivity index (χ1) is 13.1. The molecule has 1 aliphatic heterocycles. The van der Waals surface area contributed by atoms with E-state index in [0.29, 0.717) is 23.0 Å². The van der Waals surface area contributed by atoms with Gasteiger partial charge < -0.3 is 19.5 Å². The molecular formula is C18H24N4O4S. The van der Waals surface area contributed by atoms with Crippen molar-refractivity contribution >= 4 is 29.0 Å². The Labute approximate surface area is 162 Å². The van der Waals surface area contributed by atoms with Crippen molar-refractivity contribution in [1.29, 1.82) is 0 Å². The zero-order valence-corrected chi connectivity index (χ0v) is 16.2. The minimum absolute atomic E-state index is 0.0221. The van der Waals surface area contributed by atoms with Crippen molar-refractivity contribution in [3.05, 3.63) is 34.2 Å². The van der Waals surface area contributed by atoms with E-state index in [4.69, 9.17) is 9.26 Å². The van der Waals surface area contributed by atoms with E-state index >= 15 is 0 Å². The van der Waals surface area contributed by atoms with E-state index in [1.807, 2.05) is 11.4 Å². The van der Waals surface area contributed by atoms with Gasteiger partial charge >= 0.3 is 0 Å². The zero-order valence-electron chi connectivity index (χ0n) is 15.3. The van der Waals surface area contributed by atoms with Crippen molar-refractivity contribution in [2.24, 2.45) is 0 Å². The third-order valence-corrected chi connectivity index (χ3v) is 5.11. The van der Waals surface area contributed by atoms with E-state index in [1.165, 1.54) is 11.3 Å². The molecule has 1 fully saturated rings. The van der Waals surface area contributed by atoms with Gasteiger partial charge in [0.2, 0.25) is 5.91 Å². The molecule has 3 rings (SSSR count). The van der Waals surface area contributed by atoms with Crippen LogP contribution in [0.1, 0.15) is 21.9 Å². The number of thiophene rings is 1. The Hall–Kier alpha value is -2.23. The van der Waals surface area contributed by atoms with E-state index in [1.54, 1.807) is 24.0 Å². The number of carbonyl (C=O) groups is 2. The molecule has 0 unspecified atom stereocenters. The van der Waals surface area contributed by atoms with Crippen LogP contribution >= 0.6 is 11.3 Å². The Morgan fingerprint density at radius 2 is 2.19 bits per heavy atom. The van der Waals surface area contributed by atoms with Gasteiger partial charge in [-0.15, -0.1) is 11.3 Å². The first-order valence-corrected chi connectivity index (χ1v) is 9.86. The largest absolute Gasteiger partial charge is 0.379 e. The topological polar surface area (TPSA) is 87.9 Å². The molecule has 0 atom stereocenters. The van der Waals surface area contributed by atoms with Crippen LogP contribution in [-0.4, -0.2) is 72.7 Å². The van der Waals surface area contributed by atoms with Crippen LogP contribution in [0.15, 0.2) is 28.1 Å². The number of aryl methyl sites for hydroxylation is 1. The summed E-state index contributed by atoms with van der Waals surface area (Å²) in [5, 5.41) is 8.28. The summed E-state index contributed by atoms with van der Waals surface area (Å²) in [6.45, 7) is 6.43. The van der Waals surface area contributed by atoms with Crippen LogP contribution in [0.3, 0.4) is 0 Å². The molecule has 1 saturated heterocycles. The van der Waals surface area contributed by atoms with Gasteiger partial charge in [0.05, 0.1) is 18.1 Å². The average molecular weight is 392 g/mol. The van der Waals surface area contributed by atoms with Gasteiger partial charge in [-0.1, -0.05) is 11.2 Å². The van der Waals surface area contributed by atoms with Crippen LogP contribution in [0.4, 0.5) is 5.82 Å². The van der Waals surface area contributed by atoms with Gasteiger partial charge in [-0.3, -0.25) is 14.5 Å². The maximum absolute atomic E-state index is 12.8. The summed E-state index contributed by atoms with van der Waals surface area (Å²) in [5.74, 6) is 0.551. The summed E-state index contributed by atoms with van der Waals surface area (Å²) in [4.78, 5) is 29.7. The molecule has 1 N–H and O–H groups in total. The van der Waals surface area contributed by atoms with Gasteiger partial charge in [-0.2, -0.15) is 0 Å². The fraction of sp³-hybridized carbons (Fsp3) is 0.500. The molecule has 2 aromatic heterocycles. The van der Waals surface area contributed by atoms with E-state index < -0.39 is 0 Å². The second kappa shape index (κ2) is 9.63. The Morgan fingerprint density at radius 3 is 2.85 bits per heavy atom. The minimum atomic E-state index is -0.292. The molecule has 9 heteroatoms. The van der Waals surface area contributed by atoms with Gasteiger partial charge in [0.15, 0.2) is 5.82 Å². The highest BCUT2D eigenvalue weighted by atomic mass is 32.1. The van der Waals surface area contributed by atoms with Crippen molar-refractivity contribution < 1.29 is 18.8 Å². The molecule has 27 heavy (non-hydrogen) atoms. The number of anilines is 1. The van der Waals surface area contributed by atoms with Gasteiger partial charge in [0.25, 0.3) is 5.91 Å². The van der Waals surface area contributed by atoms with Gasteiger partial charge in [0.1, 0.15) is 12.3 Å². The molecule has 1 aliphatic rings. The summed E-state index contributed by atoms with van der Waals surface area (Å²) < 4.78 is 10.3. The minimum Gasteiger partial charge on any atom is -0.379 e. The van der Waals surface area contributed by atoms with Crippen molar-refractivity contribution in [2.75, 3.05) is 51.3 Å². The smallest absolute Gasteiger partial charge is 0.264 e. The number of amides is 2. The van der Waals surface area contributed by atoms with E-state index in [-0.39, 0.29) is 18.4 Å². The third kappa shape index (κ3) is 5.88. The maximum Gasteiger partial charge on any atom is 0.264 e. The van der Waals surface area contributed by atoms with Gasteiger partial charge in [0, 0.05) is 32.2 Å². The highest BCUT2D eigenvalue weighted by molar-refractivity contribution is 7.12. The van der Waals surface area contributed by atoms with Crippen LogP contribution < -0.4 is 5.32 Å². The van der Waals surface area contributed by atoms with E-state index in [9.17, 15) is 9.59 Å². The lowest BCUT2D eigenvalue weighted by molar-refractivity contribution is -0.117. The van der Waals surface area contributed by atoms with Crippen molar-refractivity contribution in [3.8, 4) is 0 Å². The Kier molecular flexibility index (Phi) is 6.97. The molecule has 8 nitrogen and oxygen atoms in total. The van der Waals surface area contributed by atoms with Crippen LogP contribution in [-0.2, 0) is 9.53 Å². The standard InChI is InChI=1S/C18H24N4O4S/c1-14-12-16(20-26-14)19-17(23)13-22(18(24)15-4-2-11-27-15)6-3-5-21-7-9-25-10-8-21/h2,4,11-12H,3,5-10,13H2,1H3,(H,19,20,23). The predicted octanol–water partition coefficient (Wildman–Crippen LogP) is 1.85. The number of morpholine rings is 1. The second-order valence-corrected chi connectivity index (χ2v) is 7.33. The van der Waals surface area contributed by atoms with E-state index in [2.05, 4.69) is 15.4 Å². The van der Waals surface area contributed by atoms with Crippen molar-refractivity contribution in [3.63, 3.8) is 0 Å². The first kappa shape index (κ1) is 19.5. The summed E-state index contributed by atoms with van der Waals surface area (Å²) >= 11 is 1.38. The van der Waals surface area contributed by atoms with Crippen LogP contribution in [0, 0.1) is 6.92 Å². The summed E-state index contributed by atoms with van der Waals surface area (Å²) in [7, 11) is 0. The van der Waals surface area contributed by atoms with Crippen LogP contribution in [0.25, 0.3) is 0 Å². The lowest BCUT2D eigenvalue weighted by Gasteiger charge is -2.28. The molecule has 0 radical (unpaired) electrons. The quantitative estimate of drug-likeness (QED) is 0.738. The van der Waals surface area contributed by atoms with Crippen LogP contribution in [0.2, 0.25) is 0 Å². The molecule has 2 amide bonds. The number of nitrogens with one attached hydrogen (secondary N) is 1. The number of ether oxygens (including phenoxy) is 1. The number of carbonyl (C=O) groups excluding carboxylic acids is 2. The maximum atomic E-state index is 12.8. The normalized spacial score (nSPS) is 14.9. The average Bonchev–Trinajstić information content (AvgIpc) is 3.33. The monoisotopic (exact) mass is 392 g/mol. The molecular weight excluding hydrogens is 368 g/mol. The molecule has 0 saturated carbocycles. The highest BCUT2D eigenvalue weighted by Crippen LogP contribution is 2.13. The molecule has 0 bridgehead atoms. The molecule has 0 aliphatic carbocycles. The number of hydrogen-bond donors (Lipinski definition) is 1. The number of nitrogens with zero attached hydrogens (tertiary/aromatic N) is 3. The fourth-order valence-electron chi connectivity index (χ4n) is 2.90. The van der Waals surface area contributed by atoms with Crippen molar-refractivity contribution in [2.45, 2.75) is 13.3 Å². The number of hydrogen-bond acceptors (Lipinski definition) is 7. The molecule has 0 spiro atoms. The van der Waals surface area contributed by atoms with Gasteiger partial charge in [-0.25, -0.2) is 0 Å². The number of aromatic nitrogens is 1. The first-order valence-electron chi connectivity index (χ1n) is 8.98. The SMILES string of the molecule is Cc1cc(NC(=O)CN(CCCN2CCOCC2)C(=O)c2cccs2)no1. The lowest BCUT2D eigenvalue weighted by Crippen LogP contribution is -2.41. The van der Waals surface area contributed by atoms with Gasteiger partial charge in [-0.05, 0) is 24.8 Å². The van der Waals surface area contributed by atoms with Crippen LogP contribution in [0.5, 0.6) is 0 Å². The Balaban J connectivity index is 1.56. The Bertz CT molecular complexity index is 740. The second-order valence-electron chi connectivity index (χ2n) is 6.38. The lowest BCUT2D eigenvalue weighted by atomic mass is 10.3. The number of rotatable bonds is 8. The van der Waals surface area contributed by atoms with Crippen molar-refractivity contribution in [1.82, 2.24) is 15.0 Å². The third-order valence-electron chi connectivity index (χ3n) is 4.26. The molecule has 3 heterocycles. The summed E-state index contributed by atoms with van der Waals surface area (Å²) in [5.41, 5.74) is 0. The molecule has 2 aromatic rings. The molecule has 146 valence electrons. The summed E-state index contributed by atoms with van der Waals surface area (Å²) in [6, 6.07) is 5.25. The summed E-state index contributed by atoms with van der Waals surface area (Å²) in [6.07, 6.45) is 0.799. The zero-order chi connectivity index (χ0) is 19.1. The highest BCUT2D eigenvalue weighted by Gasteiger charge is 2.21.